The van der Waals surface area contributed by atoms with Crippen molar-refractivity contribution in [2.75, 3.05) is 5.75 Å². The van der Waals surface area contributed by atoms with E-state index in [1.165, 1.54) is 35.5 Å². The largest absolute Gasteiger partial charge is 0.310 e. The highest BCUT2D eigenvalue weighted by Gasteiger charge is 2.20. The number of nitrogens with one attached hydrogen (secondary N) is 1. The highest BCUT2D eigenvalue weighted by Crippen LogP contribution is 2.34. The lowest BCUT2D eigenvalue weighted by Crippen LogP contribution is -2.21. The number of rotatable bonds is 7. The van der Waals surface area contributed by atoms with Crippen LogP contribution in [-0.2, 0) is 6.54 Å². The van der Waals surface area contributed by atoms with Crippen molar-refractivity contribution in [2.24, 2.45) is 5.92 Å². The van der Waals surface area contributed by atoms with Crippen molar-refractivity contribution in [3.05, 3.63) is 29.8 Å². The predicted octanol–water partition coefficient (Wildman–Crippen LogP) is 4.08. The lowest BCUT2D eigenvalue weighted by molar-refractivity contribution is 0.588. The van der Waals surface area contributed by atoms with Crippen LogP contribution in [0.5, 0.6) is 0 Å². The van der Waals surface area contributed by atoms with Gasteiger partial charge in [-0.15, -0.1) is 11.8 Å². The predicted molar refractivity (Wildman–Crippen MR) is 76.5 cm³/mol. The van der Waals surface area contributed by atoms with E-state index in [1.54, 1.807) is 0 Å². The number of hydrogen-bond acceptors (Lipinski definition) is 2. The van der Waals surface area contributed by atoms with Gasteiger partial charge in [0.2, 0.25) is 0 Å². The highest BCUT2D eigenvalue weighted by atomic mass is 32.2. The second-order valence-corrected chi connectivity index (χ2v) is 6.43. The van der Waals surface area contributed by atoms with Crippen molar-refractivity contribution < 1.29 is 0 Å². The van der Waals surface area contributed by atoms with Gasteiger partial charge >= 0.3 is 0 Å². The van der Waals surface area contributed by atoms with Gasteiger partial charge in [-0.25, -0.2) is 0 Å². The summed E-state index contributed by atoms with van der Waals surface area (Å²) < 4.78 is 0. The maximum absolute atomic E-state index is 3.46. The first-order chi connectivity index (χ1) is 8.24. The number of hydrogen-bond donors (Lipinski definition) is 1. The Hall–Kier alpha value is -0.470. The van der Waals surface area contributed by atoms with Gasteiger partial charge in [0.25, 0.3) is 0 Å². The molecule has 0 heterocycles. The maximum Gasteiger partial charge on any atom is 0.0208 e. The fraction of sp³-hybridized carbons (Fsp3) is 0.600. The lowest BCUT2D eigenvalue weighted by atomic mass is 10.2. The smallest absolute Gasteiger partial charge is 0.0208 e. The van der Waals surface area contributed by atoms with E-state index in [1.807, 2.05) is 11.8 Å². The molecule has 0 atom stereocenters. The van der Waals surface area contributed by atoms with Crippen LogP contribution in [-0.4, -0.2) is 11.8 Å². The molecule has 0 aliphatic heterocycles. The topological polar surface area (TPSA) is 12.0 Å². The van der Waals surface area contributed by atoms with E-state index >= 15 is 0 Å². The Kier molecular flexibility index (Phi) is 4.93. The van der Waals surface area contributed by atoms with Crippen LogP contribution in [0.2, 0.25) is 0 Å². The first-order valence-corrected chi connectivity index (χ1v) is 7.67. The second-order valence-electron chi connectivity index (χ2n) is 5.26. The van der Waals surface area contributed by atoms with Crippen LogP contribution < -0.4 is 5.32 Å². The van der Waals surface area contributed by atoms with Crippen LogP contribution in [0.3, 0.4) is 0 Å². The highest BCUT2D eigenvalue weighted by molar-refractivity contribution is 7.99. The molecule has 1 nitrogen and oxygen atoms in total. The first-order valence-electron chi connectivity index (χ1n) is 6.69. The number of benzene rings is 1. The summed E-state index contributed by atoms with van der Waals surface area (Å²) in [7, 11) is 0. The molecule has 0 aromatic heterocycles. The van der Waals surface area contributed by atoms with E-state index in [9.17, 15) is 0 Å². The van der Waals surface area contributed by atoms with E-state index < -0.39 is 0 Å². The Morgan fingerprint density at radius 1 is 1.35 bits per heavy atom. The molecule has 0 spiro atoms. The van der Waals surface area contributed by atoms with Crippen LogP contribution in [0.4, 0.5) is 0 Å². The van der Waals surface area contributed by atoms with Crippen LogP contribution in [0.1, 0.15) is 38.7 Å². The molecule has 1 aromatic carbocycles. The summed E-state index contributed by atoms with van der Waals surface area (Å²) >= 11 is 2.01. The molecule has 1 aromatic rings. The molecule has 1 fully saturated rings. The summed E-state index contributed by atoms with van der Waals surface area (Å²) in [4.78, 5) is 1.42. The van der Waals surface area contributed by atoms with Gasteiger partial charge in [-0.3, -0.25) is 0 Å². The summed E-state index contributed by atoms with van der Waals surface area (Å²) in [5, 5.41) is 3.46. The van der Waals surface area contributed by atoms with E-state index in [-0.39, 0.29) is 0 Å². The van der Waals surface area contributed by atoms with Gasteiger partial charge in [-0.2, -0.15) is 0 Å². The molecule has 94 valence electrons. The van der Waals surface area contributed by atoms with Gasteiger partial charge in [0.05, 0.1) is 0 Å². The van der Waals surface area contributed by atoms with E-state index in [0.29, 0.717) is 6.04 Å². The normalized spacial score (nSPS) is 15.5. The molecule has 0 amide bonds. The van der Waals surface area contributed by atoms with Crippen LogP contribution in [0.25, 0.3) is 0 Å². The van der Waals surface area contributed by atoms with Gasteiger partial charge in [0, 0.05) is 17.5 Å². The summed E-state index contributed by atoms with van der Waals surface area (Å²) in [6, 6.07) is 9.50. The van der Waals surface area contributed by atoms with Crippen LogP contribution in [0.15, 0.2) is 29.2 Å². The minimum absolute atomic E-state index is 0.557. The Morgan fingerprint density at radius 3 is 2.88 bits per heavy atom. The number of thioether (sulfide) groups is 1. The van der Waals surface area contributed by atoms with Crippen molar-refractivity contribution in [3.8, 4) is 0 Å². The zero-order valence-corrected chi connectivity index (χ0v) is 11.7. The zero-order chi connectivity index (χ0) is 12.1. The minimum atomic E-state index is 0.557. The third kappa shape index (κ3) is 5.13. The quantitative estimate of drug-likeness (QED) is 0.731. The fourth-order valence-corrected chi connectivity index (χ4v) is 2.91. The van der Waals surface area contributed by atoms with Crippen molar-refractivity contribution in [1.29, 1.82) is 0 Å². The Labute approximate surface area is 109 Å². The molecular weight excluding hydrogens is 226 g/mol. The van der Waals surface area contributed by atoms with Gasteiger partial charge < -0.3 is 5.32 Å². The van der Waals surface area contributed by atoms with Gasteiger partial charge in [-0.1, -0.05) is 38.8 Å². The van der Waals surface area contributed by atoms with E-state index in [0.717, 1.165) is 12.5 Å². The monoisotopic (exact) mass is 249 g/mol. The van der Waals surface area contributed by atoms with Crippen molar-refractivity contribution >= 4 is 11.8 Å². The summed E-state index contributed by atoms with van der Waals surface area (Å²) in [6.07, 6.45) is 4.34. The van der Waals surface area contributed by atoms with Gasteiger partial charge in [-0.05, 0) is 35.8 Å². The molecule has 1 aliphatic carbocycles. The maximum atomic E-state index is 3.46. The van der Waals surface area contributed by atoms with Crippen LogP contribution in [0, 0.1) is 5.92 Å². The molecule has 1 N–H and O–H groups in total. The molecule has 0 radical (unpaired) electrons. The standard InChI is InChI=1S/C15H23NS/c1-12(2)16-11-14-4-3-5-15(10-14)17-9-8-13-6-7-13/h3-5,10,12-13,16H,6-9,11H2,1-2H3. The first kappa shape index (κ1) is 13.0. The molecule has 1 saturated carbocycles. The van der Waals surface area contributed by atoms with E-state index in [2.05, 4.69) is 43.4 Å². The molecule has 1 aliphatic rings. The summed E-state index contributed by atoms with van der Waals surface area (Å²) in [5.74, 6) is 2.33. The molecule has 2 rings (SSSR count). The fourth-order valence-electron chi connectivity index (χ4n) is 1.82. The molecule has 2 heteroatoms. The molecule has 17 heavy (non-hydrogen) atoms. The lowest BCUT2D eigenvalue weighted by Gasteiger charge is -2.09. The average molecular weight is 249 g/mol. The average Bonchev–Trinajstić information content (AvgIpc) is 3.11. The van der Waals surface area contributed by atoms with Crippen molar-refractivity contribution in [3.63, 3.8) is 0 Å². The van der Waals surface area contributed by atoms with Crippen molar-refractivity contribution in [1.82, 2.24) is 5.32 Å². The second kappa shape index (κ2) is 6.46. The summed E-state index contributed by atoms with van der Waals surface area (Å²) in [6.45, 7) is 5.36. The summed E-state index contributed by atoms with van der Waals surface area (Å²) in [5.41, 5.74) is 1.40. The Balaban J connectivity index is 1.77. The third-order valence-electron chi connectivity index (χ3n) is 3.10. The SMILES string of the molecule is CC(C)NCc1cccc(SCCC2CC2)c1. The van der Waals surface area contributed by atoms with Crippen molar-refractivity contribution in [2.45, 2.75) is 50.6 Å². The Bertz CT molecular complexity index is 345. The zero-order valence-electron chi connectivity index (χ0n) is 10.9. The molecule has 0 unspecified atom stereocenters. The van der Waals surface area contributed by atoms with E-state index in [4.69, 9.17) is 0 Å². The molecule has 0 saturated heterocycles. The van der Waals surface area contributed by atoms with Crippen LogP contribution >= 0.6 is 11.8 Å². The minimum Gasteiger partial charge on any atom is -0.310 e. The molecular formula is C15H23NS. The van der Waals surface area contributed by atoms with Gasteiger partial charge in [0.15, 0.2) is 0 Å². The molecule has 0 bridgehead atoms. The Morgan fingerprint density at radius 2 is 2.18 bits per heavy atom. The third-order valence-corrected chi connectivity index (χ3v) is 4.13. The van der Waals surface area contributed by atoms with Gasteiger partial charge in [0.1, 0.15) is 0 Å².